The van der Waals surface area contributed by atoms with Crippen LogP contribution in [0, 0.1) is 10.1 Å². The normalized spacial score (nSPS) is 17.1. The smallest absolute Gasteiger partial charge is 0.269 e. The van der Waals surface area contributed by atoms with Gasteiger partial charge in [-0.05, 0) is 23.8 Å². The van der Waals surface area contributed by atoms with Gasteiger partial charge in [0, 0.05) is 12.1 Å². The first-order valence-corrected chi connectivity index (χ1v) is 7.72. The summed E-state index contributed by atoms with van der Waals surface area (Å²) in [4.78, 5) is 48.8. The van der Waals surface area contributed by atoms with E-state index >= 15 is 0 Å². The zero-order valence-electron chi connectivity index (χ0n) is 9.07. The number of benzene rings is 1. The largest absolute Gasteiger partial charge is 0.775 e. The summed E-state index contributed by atoms with van der Waals surface area (Å²) in [5.74, 6) is 0. The summed E-state index contributed by atoms with van der Waals surface area (Å²) in [6.45, 7) is 0. The Bertz CT molecular complexity index is 586. The molecule has 11 heteroatoms. The van der Waals surface area contributed by atoms with Crippen LogP contribution in [0.3, 0.4) is 0 Å². The highest BCUT2D eigenvalue weighted by atomic mass is 31.2. The van der Waals surface area contributed by atoms with Crippen molar-refractivity contribution in [3.8, 4) is 0 Å². The molecule has 2 atom stereocenters. The lowest BCUT2D eigenvalue weighted by Crippen LogP contribution is -2.09. The Labute approximate surface area is 106 Å². The van der Waals surface area contributed by atoms with Gasteiger partial charge in [-0.15, -0.1) is 0 Å². The second kappa shape index (κ2) is 5.34. The number of nitro benzene ring substituents is 1. The van der Waals surface area contributed by atoms with Crippen LogP contribution in [0.2, 0.25) is 0 Å². The van der Waals surface area contributed by atoms with Crippen LogP contribution in [0.15, 0.2) is 29.3 Å². The lowest BCUT2D eigenvalue weighted by Gasteiger charge is -2.27. The van der Waals surface area contributed by atoms with Gasteiger partial charge in [-0.2, -0.15) is 0 Å². The maximum atomic E-state index is 10.8. The van der Waals surface area contributed by atoms with Crippen molar-refractivity contribution in [3.05, 3.63) is 45.0 Å². The molecule has 0 radical (unpaired) electrons. The highest BCUT2D eigenvalue weighted by molar-refractivity contribution is 7.76. The van der Waals surface area contributed by atoms with Crippen LogP contribution in [-0.2, 0) is 9.13 Å². The first-order valence-electron chi connectivity index (χ1n) is 4.56. The van der Waals surface area contributed by atoms with Gasteiger partial charge in [-0.3, -0.25) is 10.1 Å². The van der Waals surface area contributed by atoms with Gasteiger partial charge in [-0.25, -0.2) is 0 Å². The molecule has 0 amide bonds. The molecule has 0 bridgehead atoms. The molecule has 9 nitrogen and oxygen atoms in total. The van der Waals surface area contributed by atoms with Crippen molar-refractivity contribution >= 4 is 27.0 Å². The van der Waals surface area contributed by atoms with E-state index in [1.807, 2.05) is 0 Å². The highest BCUT2D eigenvalue weighted by Crippen LogP contribution is 2.59. The lowest BCUT2D eigenvalue weighted by molar-refractivity contribution is -0.384. The summed E-state index contributed by atoms with van der Waals surface area (Å²) >= 11 is 0. The van der Waals surface area contributed by atoms with Gasteiger partial charge in [0.05, 0.1) is 9.98 Å². The number of nitrogens with zero attached hydrogens (tertiary/aromatic N) is 1. The Morgan fingerprint density at radius 3 is 1.84 bits per heavy atom. The molecule has 1 aromatic rings. The number of nitro groups is 1. The standard InChI is InChI=1S/C8H9NO8P2/c10-9(11)7-3-1-6(2-4-7)5-8(18(12,13)14)19(15,16)17/h1-5H,(H2,12,13,14)(H2,15,16,17)/p-2. The van der Waals surface area contributed by atoms with Gasteiger partial charge in [0.1, 0.15) is 0 Å². The highest BCUT2D eigenvalue weighted by Gasteiger charge is 2.21. The van der Waals surface area contributed by atoms with Gasteiger partial charge in [0.25, 0.3) is 5.69 Å². The number of rotatable bonds is 4. The molecular weight excluding hydrogens is 300 g/mol. The van der Waals surface area contributed by atoms with Crippen LogP contribution in [0.25, 0.3) is 6.08 Å². The van der Waals surface area contributed by atoms with Crippen molar-refractivity contribution in [2.24, 2.45) is 0 Å². The number of non-ortho nitro benzene ring substituents is 1. The van der Waals surface area contributed by atoms with Crippen molar-refractivity contribution < 1.29 is 33.6 Å². The van der Waals surface area contributed by atoms with Crippen LogP contribution in [0.4, 0.5) is 5.69 Å². The minimum atomic E-state index is -5.44. The first-order chi connectivity index (χ1) is 8.51. The second-order valence-corrected chi connectivity index (χ2v) is 6.79. The fourth-order valence-corrected chi connectivity index (χ4v) is 3.07. The molecule has 1 rings (SSSR count). The minimum Gasteiger partial charge on any atom is -0.775 e. The van der Waals surface area contributed by atoms with Gasteiger partial charge < -0.3 is 28.7 Å². The van der Waals surface area contributed by atoms with E-state index in [4.69, 9.17) is 9.79 Å². The van der Waals surface area contributed by atoms with Gasteiger partial charge in [-0.1, -0.05) is 0 Å². The number of hydrogen-bond acceptors (Lipinski definition) is 6. The Morgan fingerprint density at radius 2 is 1.53 bits per heavy atom. The molecule has 0 saturated heterocycles. The third-order valence-electron chi connectivity index (χ3n) is 1.98. The molecule has 0 fully saturated rings. The van der Waals surface area contributed by atoms with Crippen LogP contribution >= 0.6 is 15.2 Å². The topological polar surface area (TPSA) is 164 Å². The zero-order chi connectivity index (χ0) is 14.8. The number of hydrogen-bond donors (Lipinski definition) is 2. The van der Waals surface area contributed by atoms with Crippen molar-refractivity contribution in [1.82, 2.24) is 0 Å². The van der Waals surface area contributed by atoms with E-state index < -0.39 is 25.2 Å². The summed E-state index contributed by atoms with van der Waals surface area (Å²) in [5.41, 5.74) is -0.349. The first kappa shape index (κ1) is 15.7. The predicted octanol–water partition coefficient (Wildman–Crippen LogP) is -0.0154. The Hall–Kier alpha value is -1.34. The van der Waals surface area contributed by atoms with E-state index in [-0.39, 0.29) is 11.3 Å². The lowest BCUT2D eigenvalue weighted by atomic mass is 10.2. The molecule has 0 aliphatic rings. The summed E-state index contributed by atoms with van der Waals surface area (Å²) < 4.78 is 21.7. The Morgan fingerprint density at radius 1 is 1.11 bits per heavy atom. The Kier molecular flexibility index (Phi) is 4.42. The molecule has 2 N–H and O–H groups in total. The van der Waals surface area contributed by atoms with Crippen LogP contribution in [-0.4, -0.2) is 14.7 Å². The van der Waals surface area contributed by atoms with E-state index in [0.717, 1.165) is 24.3 Å². The van der Waals surface area contributed by atoms with Crippen LogP contribution in [0.5, 0.6) is 0 Å². The van der Waals surface area contributed by atoms with Crippen molar-refractivity contribution in [3.63, 3.8) is 0 Å². The molecule has 1 aromatic carbocycles. The van der Waals surface area contributed by atoms with Crippen LogP contribution in [0.1, 0.15) is 5.56 Å². The minimum absolute atomic E-state index is 0.0594. The SMILES string of the molecule is O=[N+]([O-])c1ccc(C=C(P(=O)([O-])O)P(=O)([O-])O)cc1. The van der Waals surface area contributed by atoms with Gasteiger partial charge in [0.15, 0.2) is 15.2 Å². The van der Waals surface area contributed by atoms with Crippen LogP contribution < -0.4 is 9.79 Å². The zero-order valence-corrected chi connectivity index (χ0v) is 10.9. The summed E-state index contributed by atoms with van der Waals surface area (Å²) in [5, 5.41) is 8.81. The summed E-state index contributed by atoms with van der Waals surface area (Å²) in [7, 11) is -10.9. The second-order valence-electron chi connectivity index (χ2n) is 3.39. The fraction of sp³-hybridized carbons (Fsp3) is 0. The summed E-state index contributed by atoms with van der Waals surface area (Å²) in [6.07, 6.45) is 0.491. The van der Waals surface area contributed by atoms with Crippen molar-refractivity contribution in [2.45, 2.75) is 0 Å². The third-order valence-corrected chi connectivity index (χ3v) is 4.91. The molecular formula is C8H7NO8P2-2. The Balaban J connectivity index is 3.28. The predicted molar refractivity (Wildman–Crippen MR) is 60.7 cm³/mol. The van der Waals surface area contributed by atoms with E-state index in [1.165, 1.54) is 0 Å². The quantitative estimate of drug-likeness (QED) is 0.445. The van der Waals surface area contributed by atoms with Crippen molar-refractivity contribution in [2.75, 3.05) is 0 Å². The monoisotopic (exact) mass is 307 g/mol. The van der Waals surface area contributed by atoms with E-state index in [0.29, 0.717) is 6.08 Å². The van der Waals surface area contributed by atoms with E-state index in [9.17, 15) is 29.0 Å². The molecule has 0 aliphatic heterocycles. The molecule has 104 valence electrons. The molecule has 0 aliphatic carbocycles. The molecule has 0 aromatic heterocycles. The maximum Gasteiger partial charge on any atom is 0.269 e. The molecule has 0 spiro atoms. The molecule has 19 heavy (non-hydrogen) atoms. The molecule has 0 heterocycles. The van der Waals surface area contributed by atoms with E-state index in [1.54, 1.807) is 0 Å². The fourth-order valence-electron chi connectivity index (χ4n) is 1.16. The van der Waals surface area contributed by atoms with Crippen molar-refractivity contribution in [1.29, 1.82) is 0 Å². The van der Waals surface area contributed by atoms with Gasteiger partial charge in [0.2, 0.25) is 0 Å². The average Bonchev–Trinajstić information content (AvgIpc) is 2.23. The van der Waals surface area contributed by atoms with E-state index in [2.05, 4.69) is 0 Å². The average molecular weight is 307 g/mol. The molecule has 2 unspecified atom stereocenters. The summed E-state index contributed by atoms with van der Waals surface area (Å²) in [6, 6.07) is 4.13. The van der Waals surface area contributed by atoms with Gasteiger partial charge >= 0.3 is 0 Å². The third kappa shape index (κ3) is 4.36. The molecule has 0 saturated carbocycles. The maximum absolute atomic E-state index is 10.8.